The largest absolute Gasteiger partial charge is 0.360 e. The first kappa shape index (κ1) is 15.5. The third kappa shape index (κ3) is 3.12. The fourth-order valence-electron chi connectivity index (χ4n) is 2.63. The molecule has 2 aromatic heterocycles. The summed E-state index contributed by atoms with van der Waals surface area (Å²) in [5, 5.41) is 8.54. The van der Waals surface area contributed by atoms with E-state index in [-0.39, 0.29) is 5.82 Å². The van der Waals surface area contributed by atoms with Crippen LogP contribution in [0.25, 0.3) is 16.2 Å². The molecule has 3 aromatic rings. The van der Waals surface area contributed by atoms with E-state index in [1.807, 2.05) is 13.1 Å². The molecule has 0 saturated carbocycles. The topological polar surface area (TPSA) is 60.7 Å². The molecule has 1 aromatic carbocycles. The first-order chi connectivity index (χ1) is 11.6. The Balaban J connectivity index is 1.43. The first-order valence-electron chi connectivity index (χ1n) is 7.75. The molecule has 0 atom stereocenters. The smallest absolute Gasteiger partial charge is 0.214 e. The van der Waals surface area contributed by atoms with Crippen molar-refractivity contribution in [3.05, 3.63) is 36.3 Å². The Morgan fingerprint density at radius 1 is 1.29 bits per heavy atom. The Labute approximate surface area is 142 Å². The Kier molecular flexibility index (Phi) is 3.95. The van der Waals surface area contributed by atoms with Gasteiger partial charge in [0.2, 0.25) is 10.1 Å². The van der Waals surface area contributed by atoms with Crippen LogP contribution >= 0.6 is 11.3 Å². The van der Waals surface area contributed by atoms with Crippen LogP contribution < -0.4 is 5.32 Å². The molecule has 0 aliphatic carbocycles. The fraction of sp³-hybridized carbons (Fsp3) is 0.375. The van der Waals surface area contributed by atoms with E-state index in [0.717, 1.165) is 27.8 Å². The van der Waals surface area contributed by atoms with Crippen LogP contribution in [0.1, 0.15) is 13.3 Å². The van der Waals surface area contributed by atoms with Gasteiger partial charge in [0.15, 0.2) is 5.79 Å². The number of aromatic nitrogens is 3. The molecule has 3 heterocycles. The number of ether oxygens (including phenoxy) is 2. The number of benzene rings is 1. The van der Waals surface area contributed by atoms with Crippen molar-refractivity contribution in [1.82, 2.24) is 14.6 Å². The van der Waals surface area contributed by atoms with Gasteiger partial charge in [0.05, 0.1) is 25.1 Å². The first-order valence-corrected chi connectivity index (χ1v) is 8.57. The normalized spacial score (nSPS) is 16.8. The highest BCUT2D eigenvalue weighted by Crippen LogP contribution is 2.26. The van der Waals surface area contributed by atoms with Crippen molar-refractivity contribution in [2.24, 2.45) is 0 Å². The molecule has 24 heavy (non-hydrogen) atoms. The maximum Gasteiger partial charge on any atom is 0.214 e. The number of halogens is 1. The zero-order chi connectivity index (χ0) is 16.6. The van der Waals surface area contributed by atoms with Crippen LogP contribution in [-0.2, 0) is 9.47 Å². The predicted molar refractivity (Wildman–Crippen MR) is 89.7 cm³/mol. The lowest BCUT2D eigenvalue weighted by Gasteiger charge is -2.21. The van der Waals surface area contributed by atoms with Gasteiger partial charge in [0.25, 0.3) is 0 Å². The second kappa shape index (κ2) is 6.12. The lowest BCUT2D eigenvalue weighted by Crippen LogP contribution is -2.28. The summed E-state index contributed by atoms with van der Waals surface area (Å²) in [4.78, 5) is 5.33. The Hall–Kier alpha value is -2.03. The predicted octanol–water partition coefficient (Wildman–Crippen LogP) is 3.16. The van der Waals surface area contributed by atoms with E-state index in [1.165, 1.54) is 23.5 Å². The SMILES string of the molecule is CC1(CCNc2nn3cc(-c4ccc(F)cc4)nc3s2)OCCO1. The zero-order valence-electron chi connectivity index (χ0n) is 13.2. The van der Waals surface area contributed by atoms with Crippen LogP contribution in [0, 0.1) is 5.82 Å². The van der Waals surface area contributed by atoms with Gasteiger partial charge in [-0.3, -0.25) is 0 Å². The van der Waals surface area contributed by atoms with Crippen LogP contribution in [0.4, 0.5) is 9.52 Å². The van der Waals surface area contributed by atoms with Crippen molar-refractivity contribution in [2.75, 3.05) is 25.1 Å². The van der Waals surface area contributed by atoms with Gasteiger partial charge in [-0.05, 0) is 31.2 Å². The van der Waals surface area contributed by atoms with E-state index in [0.29, 0.717) is 19.8 Å². The van der Waals surface area contributed by atoms with E-state index in [1.54, 1.807) is 16.6 Å². The average Bonchev–Trinajstić information content (AvgIpc) is 3.23. The molecule has 8 heteroatoms. The number of nitrogens with zero attached hydrogens (tertiary/aromatic N) is 3. The number of nitrogens with one attached hydrogen (secondary N) is 1. The lowest BCUT2D eigenvalue weighted by molar-refractivity contribution is -0.144. The monoisotopic (exact) mass is 348 g/mol. The lowest BCUT2D eigenvalue weighted by atomic mass is 10.2. The molecule has 0 radical (unpaired) electrons. The number of rotatable bonds is 5. The highest BCUT2D eigenvalue weighted by Gasteiger charge is 2.30. The summed E-state index contributed by atoms with van der Waals surface area (Å²) < 4.78 is 25.9. The van der Waals surface area contributed by atoms with Gasteiger partial charge in [-0.25, -0.2) is 13.9 Å². The molecule has 126 valence electrons. The summed E-state index contributed by atoms with van der Waals surface area (Å²) in [7, 11) is 0. The van der Waals surface area contributed by atoms with E-state index < -0.39 is 5.79 Å². The van der Waals surface area contributed by atoms with Gasteiger partial charge in [-0.1, -0.05) is 11.3 Å². The molecule has 1 aliphatic heterocycles. The van der Waals surface area contributed by atoms with Crippen LogP contribution in [0.2, 0.25) is 0 Å². The standard InChI is InChI=1S/C16H17FN4O2S/c1-16(22-8-9-23-16)6-7-18-14-20-21-10-13(19-15(21)24-14)11-2-4-12(17)5-3-11/h2-5,10H,6-9H2,1H3,(H,18,20). The molecular weight excluding hydrogens is 331 g/mol. The van der Waals surface area contributed by atoms with Crippen LogP contribution in [-0.4, -0.2) is 40.1 Å². The molecule has 0 bridgehead atoms. The van der Waals surface area contributed by atoms with Gasteiger partial charge >= 0.3 is 0 Å². The highest BCUT2D eigenvalue weighted by molar-refractivity contribution is 7.20. The molecule has 6 nitrogen and oxygen atoms in total. The Morgan fingerprint density at radius 2 is 2.04 bits per heavy atom. The summed E-state index contributed by atoms with van der Waals surface area (Å²) in [6.45, 7) is 3.95. The molecule has 0 spiro atoms. The van der Waals surface area contributed by atoms with Crippen molar-refractivity contribution >= 4 is 21.4 Å². The molecule has 0 unspecified atom stereocenters. The summed E-state index contributed by atoms with van der Waals surface area (Å²) in [6.07, 6.45) is 2.59. The van der Waals surface area contributed by atoms with Crippen LogP contribution in [0.5, 0.6) is 0 Å². The minimum absolute atomic E-state index is 0.256. The fourth-order valence-corrected chi connectivity index (χ4v) is 3.44. The average molecular weight is 348 g/mol. The Morgan fingerprint density at radius 3 is 2.75 bits per heavy atom. The van der Waals surface area contributed by atoms with Gasteiger partial charge in [0.1, 0.15) is 5.82 Å². The van der Waals surface area contributed by atoms with E-state index in [2.05, 4.69) is 15.4 Å². The number of hydrogen-bond acceptors (Lipinski definition) is 6. The maximum atomic E-state index is 13.0. The molecule has 0 amide bonds. The summed E-state index contributed by atoms with van der Waals surface area (Å²) in [5.74, 6) is -0.756. The van der Waals surface area contributed by atoms with E-state index in [4.69, 9.17) is 9.47 Å². The molecule has 1 N–H and O–H groups in total. The van der Waals surface area contributed by atoms with Crippen LogP contribution in [0.3, 0.4) is 0 Å². The second-order valence-corrected chi connectivity index (χ2v) is 6.73. The molecule has 1 aliphatic rings. The molecular formula is C16H17FN4O2S. The minimum atomic E-state index is -0.500. The number of hydrogen-bond donors (Lipinski definition) is 1. The number of anilines is 1. The molecule has 4 rings (SSSR count). The Bertz CT molecular complexity index is 808. The summed E-state index contributed by atoms with van der Waals surface area (Å²) in [5.41, 5.74) is 1.65. The summed E-state index contributed by atoms with van der Waals surface area (Å²) in [6, 6.07) is 6.28. The van der Waals surface area contributed by atoms with Crippen molar-refractivity contribution in [2.45, 2.75) is 19.1 Å². The van der Waals surface area contributed by atoms with Gasteiger partial charge in [-0.2, -0.15) is 0 Å². The van der Waals surface area contributed by atoms with E-state index >= 15 is 0 Å². The quantitative estimate of drug-likeness (QED) is 0.767. The van der Waals surface area contributed by atoms with Gasteiger partial charge in [0, 0.05) is 18.5 Å². The number of imidazole rings is 1. The van der Waals surface area contributed by atoms with Gasteiger partial charge < -0.3 is 14.8 Å². The van der Waals surface area contributed by atoms with Gasteiger partial charge in [-0.15, -0.1) is 5.10 Å². The van der Waals surface area contributed by atoms with Crippen molar-refractivity contribution in [3.63, 3.8) is 0 Å². The summed E-state index contributed by atoms with van der Waals surface area (Å²) >= 11 is 1.47. The second-order valence-electron chi connectivity index (χ2n) is 5.77. The molecule has 1 saturated heterocycles. The number of fused-ring (bicyclic) bond motifs is 1. The maximum absolute atomic E-state index is 13.0. The third-order valence-corrected chi connectivity index (χ3v) is 4.82. The van der Waals surface area contributed by atoms with E-state index in [9.17, 15) is 4.39 Å². The zero-order valence-corrected chi connectivity index (χ0v) is 14.0. The van der Waals surface area contributed by atoms with Crippen LogP contribution in [0.15, 0.2) is 30.5 Å². The van der Waals surface area contributed by atoms with Crippen molar-refractivity contribution in [1.29, 1.82) is 0 Å². The van der Waals surface area contributed by atoms with Crippen molar-refractivity contribution in [3.8, 4) is 11.3 Å². The molecule has 1 fully saturated rings. The third-order valence-electron chi connectivity index (χ3n) is 3.94. The highest BCUT2D eigenvalue weighted by atomic mass is 32.1. The minimum Gasteiger partial charge on any atom is -0.360 e. The van der Waals surface area contributed by atoms with Crippen molar-refractivity contribution < 1.29 is 13.9 Å².